The quantitative estimate of drug-likeness (QED) is 0.143. The first-order valence-electron chi connectivity index (χ1n) is 22.7. The average molecular weight is 813 g/mol. The summed E-state index contributed by atoms with van der Waals surface area (Å²) in [5, 5.41) is 0. The molecule has 0 radical (unpaired) electrons. The third-order valence-corrected chi connectivity index (χ3v) is 14.1. The van der Waals surface area contributed by atoms with Crippen molar-refractivity contribution in [2.24, 2.45) is 11.3 Å². The van der Waals surface area contributed by atoms with E-state index < -0.39 is 0 Å². The molecule has 2 atom stereocenters. The number of para-hydroxylation sites is 2. The second-order valence-electron chi connectivity index (χ2n) is 18.0. The lowest BCUT2D eigenvalue weighted by Crippen LogP contribution is -2.34. The van der Waals surface area contributed by atoms with Crippen molar-refractivity contribution in [3.05, 3.63) is 258 Å². The van der Waals surface area contributed by atoms with Crippen LogP contribution in [-0.2, 0) is 6.42 Å². The van der Waals surface area contributed by atoms with E-state index in [0.29, 0.717) is 5.92 Å². The van der Waals surface area contributed by atoms with E-state index in [1.807, 2.05) is 0 Å². The molecule has 0 N–H and O–H groups in total. The molecule has 0 heterocycles. The topological polar surface area (TPSA) is 6.48 Å². The molecule has 4 aliphatic rings. The minimum atomic E-state index is -0.00176. The summed E-state index contributed by atoms with van der Waals surface area (Å²) >= 11 is 0. The van der Waals surface area contributed by atoms with Gasteiger partial charge < -0.3 is 9.80 Å². The molecule has 0 saturated carbocycles. The number of hydrogen-bond donors (Lipinski definition) is 0. The van der Waals surface area contributed by atoms with Crippen molar-refractivity contribution in [3.63, 3.8) is 0 Å². The van der Waals surface area contributed by atoms with Crippen LogP contribution < -0.4 is 9.80 Å². The number of anilines is 4. The lowest BCUT2D eigenvalue weighted by atomic mass is 9.67. The van der Waals surface area contributed by atoms with Gasteiger partial charge in [0.05, 0.1) is 6.04 Å². The Labute approximate surface area is 373 Å². The summed E-state index contributed by atoms with van der Waals surface area (Å²) < 4.78 is 0. The van der Waals surface area contributed by atoms with Gasteiger partial charge in [-0.25, -0.2) is 0 Å². The van der Waals surface area contributed by atoms with Crippen LogP contribution in [-0.4, -0.2) is 6.04 Å². The Balaban J connectivity index is 0.973. The molecule has 0 aliphatic heterocycles. The van der Waals surface area contributed by atoms with E-state index in [9.17, 15) is 0 Å². The number of hydrogen-bond acceptors (Lipinski definition) is 2. The van der Waals surface area contributed by atoms with Gasteiger partial charge in [0.15, 0.2) is 0 Å². The standard InChI is InChI=1S/C61H52N2/c1-61(2)57-42-54(63(50-24-13-6-14-25-50)53-35-29-46(30-36-53)44-19-9-4-10-20-44)39-40-56(57)60-58(61)41-48-21-15-16-26-55(48)59(60)47-31-37-52(38-32-47)62(49-22-11-5-12-23-49)51-33-27-45(28-34-51)43-17-7-3-8-18-43/h3-31,33-37,39-40,54,58H,32,38,41-42H2,1-2H3. The predicted octanol–water partition coefficient (Wildman–Crippen LogP) is 15.9. The molecule has 63 heavy (non-hydrogen) atoms. The molecule has 0 aromatic heterocycles. The van der Waals surface area contributed by atoms with Crippen LogP contribution in [0, 0.1) is 11.3 Å². The summed E-state index contributed by atoms with van der Waals surface area (Å²) in [6, 6.07) is 70.8. The first-order chi connectivity index (χ1) is 31.0. The van der Waals surface area contributed by atoms with Gasteiger partial charge in [0.25, 0.3) is 0 Å². The Bertz CT molecular complexity index is 2930. The molecule has 2 heteroatoms. The Morgan fingerprint density at radius 2 is 0.984 bits per heavy atom. The molecule has 0 spiro atoms. The number of allylic oxidation sites excluding steroid dienone is 8. The van der Waals surface area contributed by atoms with Gasteiger partial charge in [0.1, 0.15) is 0 Å². The SMILES string of the molecule is CC1(C)C2=C(C=CC(N(c3ccccc3)c3ccc(-c4ccccc4)cc3)C2)C2=C(C3=CC=C(N(c4ccccc4)c4ccc(-c5ccccc5)cc4)CC3)c3ccccc3CC21. The van der Waals surface area contributed by atoms with E-state index in [0.717, 1.165) is 25.7 Å². The largest absolute Gasteiger partial charge is 0.334 e. The van der Waals surface area contributed by atoms with Crippen molar-refractivity contribution in [3.8, 4) is 22.3 Å². The number of rotatable bonds is 9. The van der Waals surface area contributed by atoms with E-state index in [4.69, 9.17) is 0 Å². The molecule has 7 aromatic rings. The molecule has 0 fully saturated rings. The van der Waals surface area contributed by atoms with E-state index in [1.54, 1.807) is 11.1 Å². The van der Waals surface area contributed by atoms with Gasteiger partial charge in [-0.3, -0.25) is 0 Å². The van der Waals surface area contributed by atoms with E-state index in [1.165, 1.54) is 78.5 Å². The van der Waals surface area contributed by atoms with Crippen LogP contribution in [0.4, 0.5) is 22.7 Å². The smallest absolute Gasteiger partial charge is 0.0563 e. The number of benzene rings is 7. The minimum Gasteiger partial charge on any atom is -0.334 e. The first-order valence-corrected chi connectivity index (χ1v) is 22.7. The zero-order chi connectivity index (χ0) is 42.3. The maximum Gasteiger partial charge on any atom is 0.0563 e. The van der Waals surface area contributed by atoms with Gasteiger partial charge in [-0.15, -0.1) is 0 Å². The Hall–Kier alpha value is -7.16. The summed E-state index contributed by atoms with van der Waals surface area (Å²) in [5.41, 5.74) is 21.5. The highest BCUT2D eigenvalue weighted by atomic mass is 15.2. The highest BCUT2D eigenvalue weighted by Gasteiger charge is 2.49. The molecule has 306 valence electrons. The van der Waals surface area contributed by atoms with Gasteiger partial charge in [-0.05, 0) is 147 Å². The van der Waals surface area contributed by atoms with Crippen molar-refractivity contribution in [1.82, 2.24) is 0 Å². The normalized spacial score (nSPS) is 18.5. The third kappa shape index (κ3) is 7.10. The second kappa shape index (κ2) is 16.3. The maximum atomic E-state index is 2.56. The third-order valence-electron chi connectivity index (χ3n) is 14.1. The van der Waals surface area contributed by atoms with Crippen molar-refractivity contribution in [2.75, 3.05) is 9.80 Å². The monoisotopic (exact) mass is 812 g/mol. The Morgan fingerprint density at radius 1 is 0.476 bits per heavy atom. The summed E-state index contributed by atoms with van der Waals surface area (Å²) in [6.07, 6.45) is 13.8. The molecule has 4 aliphatic carbocycles. The summed E-state index contributed by atoms with van der Waals surface area (Å²) in [7, 11) is 0. The van der Waals surface area contributed by atoms with Gasteiger partial charge in [-0.1, -0.05) is 183 Å². The van der Waals surface area contributed by atoms with Crippen LogP contribution in [0.2, 0.25) is 0 Å². The van der Waals surface area contributed by atoms with Crippen LogP contribution >= 0.6 is 0 Å². The number of nitrogens with zero attached hydrogens (tertiary/aromatic N) is 2. The van der Waals surface area contributed by atoms with Gasteiger partial charge in [-0.2, -0.15) is 0 Å². The van der Waals surface area contributed by atoms with E-state index in [-0.39, 0.29) is 11.5 Å². The van der Waals surface area contributed by atoms with Gasteiger partial charge in [0.2, 0.25) is 0 Å². The summed E-state index contributed by atoms with van der Waals surface area (Å²) in [5.74, 6) is 0.404. The molecule has 2 nitrogen and oxygen atoms in total. The summed E-state index contributed by atoms with van der Waals surface area (Å²) in [4.78, 5) is 5.01. The molecule has 0 saturated heterocycles. The molecule has 0 bridgehead atoms. The second-order valence-corrected chi connectivity index (χ2v) is 18.0. The van der Waals surface area contributed by atoms with Crippen LogP contribution in [0.5, 0.6) is 0 Å². The van der Waals surface area contributed by atoms with Crippen molar-refractivity contribution in [1.29, 1.82) is 0 Å². The fourth-order valence-corrected chi connectivity index (χ4v) is 10.9. The van der Waals surface area contributed by atoms with Crippen LogP contribution in [0.15, 0.2) is 246 Å². The van der Waals surface area contributed by atoms with E-state index >= 15 is 0 Å². The lowest BCUT2D eigenvalue weighted by Gasteiger charge is -2.39. The van der Waals surface area contributed by atoms with Crippen LogP contribution in [0.25, 0.3) is 27.8 Å². The average Bonchev–Trinajstić information content (AvgIpc) is 3.57. The molecule has 0 amide bonds. The maximum absolute atomic E-state index is 2.56. The number of fused-ring (bicyclic) bond motifs is 3. The fraction of sp³-hybridized carbons (Fsp3) is 0.148. The highest BCUT2D eigenvalue weighted by molar-refractivity contribution is 5.90. The van der Waals surface area contributed by atoms with Gasteiger partial charge >= 0.3 is 0 Å². The van der Waals surface area contributed by atoms with Crippen LogP contribution in [0.3, 0.4) is 0 Å². The lowest BCUT2D eigenvalue weighted by molar-refractivity contribution is 0.315. The van der Waals surface area contributed by atoms with Gasteiger partial charge in [0, 0.05) is 28.4 Å². The Kier molecular flexibility index (Phi) is 10.0. The van der Waals surface area contributed by atoms with Crippen LogP contribution in [0.1, 0.15) is 44.2 Å². The first kappa shape index (κ1) is 38.7. The zero-order valence-corrected chi connectivity index (χ0v) is 36.2. The molecule has 2 unspecified atom stereocenters. The van der Waals surface area contributed by atoms with Crippen molar-refractivity contribution in [2.45, 2.75) is 45.6 Å². The fourth-order valence-electron chi connectivity index (χ4n) is 10.9. The summed E-state index contributed by atoms with van der Waals surface area (Å²) in [6.45, 7) is 5.05. The molecular weight excluding hydrogens is 761 g/mol. The highest BCUT2D eigenvalue weighted by Crippen LogP contribution is 2.60. The minimum absolute atomic E-state index is 0.00176. The van der Waals surface area contributed by atoms with Crippen molar-refractivity contribution < 1.29 is 0 Å². The molecular formula is C61H52N2. The predicted molar refractivity (Wildman–Crippen MR) is 265 cm³/mol. The van der Waals surface area contributed by atoms with E-state index in [2.05, 4.69) is 242 Å². The molecule has 11 rings (SSSR count). The van der Waals surface area contributed by atoms with Crippen molar-refractivity contribution >= 4 is 28.3 Å². The molecule has 7 aromatic carbocycles. The zero-order valence-electron chi connectivity index (χ0n) is 36.2. The Morgan fingerprint density at radius 3 is 1.59 bits per heavy atom.